The Kier molecular flexibility index (Phi) is 6.20. The number of amides is 1. The van der Waals surface area contributed by atoms with Crippen molar-refractivity contribution in [2.24, 2.45) is 11.7 Å². The van der Waals surface area contributed by atoms with E-state index in [1.165, 1.54) is 0 Å². The Morgan fingerprint density at radius 2 is 1.91 bits per heavy atom. The summed E-state index contributed by atoms with van der Waals surface area (Å²) in [5.74, 6) is -0.0214. The number of benzene rings is 2. The van der Waals surface area contributed by atoms with E-state index in [-0.39, 0.29) is 11.9 Å². The lowest BCUT2D eigenvalue weighted by Gasteiger charge is -2.37. The van der Waals surface area contributed by atoms with E-state index >= 15 is 0 Å². The van der Waals surface area contributed by atoms with Gasteiger partial charge in [-0.2, -0.15) is 0 Å². The minimum absolute atomic E-state index is 0.0811. The summed E-state index contributed by atoms with van der Waals surface area (Å²) in [6.07, 6.45) is 1.68. The molecule has 4 rings (SSSR count). The third kappa shape index (κ3) is 4.22. The number of hydrogen-bond donors (Lipinski definition) is 1. The molecule has 2 heterocycles. The number of ether oxygens (including phenoxy) is 1. The van der Waals surface area contributed by atoms with Crippen molar-refractivity contribution in [3.63, 3.8) is 0 Å². The second-order valence-electron chi connectivity index (χ2n) is 9.45. The van der Waals surface area contributed by atoms with Crippen molar-refractivity contribution in [3.8, 4) is 0 Å². The number of nitrogens with two attached hydrogens (primary N) is 1. The number of hydrogen-bond acceptors (Lipinski definition) is 4. The highest BCUT2D eigenvalue weighted by atomic mass is 16.6. The molecule has 0 bridgehead atoms. The lowest BCUT2D eigenvalue weighted by molar-refractivity contribution is -0.149. The fourth-order valence-corrected chi connectivity index (χ4v) is 5.01. The molecule has 1 amide bonds. The van der Waals surface area contributed by atoms with E-state index in [0.717, 1.165) is 27.8 Å². The Labute approximate surface area is 190 Å². The van der Waals surface area contributed by atoms with Crippen molar-refractivity contribution in [1.82, 2.24) is 4.90 Å². The summed E-state index contributed by atoms with van der Waals surface area (Å²) in [5, 5.41) is 0. The molecule has 0 radical (unpaired) electrons. The molecule has 5 nitrogen and oxygen atoms in total. The van der Waals surface area contributed by atoms with Crippen molar-refractivity contribution in [3.05, 3.63) is 82.4 Å². The Bertz CT molecular complexity index is 1040. The van der Waals surface area contributed by atoms with Crippen LogP contribution >= 0.6 is 0 Å². The molecule has 2 aromatic rings. The molecule has 0 saturated carbocycles. The van der Waals surface area contributed by atoms with Crippen LogP contribution in [0.2, 0.25) is 0 Å². The third-order valence-corrected chi connectivity index (χ3v) is 6.45. The molecule has 0 saturated heterocycles. The quantitative estimate of drug-likeness (QED) is 0.703. The minimum atomic E-state index is -0.824. The highest BCUT2D eigenvalue weighted by molar-refractivity contribution is 5.94. The molecule has 168 valence electrons. The number of rotatable bonds is 6. The summed E-state index contributed by atoms with van der Waals surface area (Å²) < 4.78 is 6.15. The minimum Gasteiger partial charge on any atom is -0.446 e. The zero-order valence-electron chi connectivity index (χ0n) is 19.1. The van der Waals surface area contributed by atoms with Gasteiger partial charge in [-0.3, -0.25) is 4.79 Å². The molecule has 2 N–H and O–H groups in total. The van der Waals surface area contributed by atoms with E-state index in [4.69, 9.17) is 10.5 Å². The number of cyclic esters (lactones) is 1. The van der Waals surface area contributed by atoms with Gasteiger partial charge in [0.25, 0.3) is 0 Å². The zero-order chi connectivity index (χ0) is 22.9. The number of nitrogens with zero attached hydrogens (tertiary/aromatic N) is 1. The first-order valence-electron chi connectivity index (χ1n) is 11.4. The summed E-state index contributed by atoms with van der Waals surface area (Å²) in [5.41, 5.74) is 10.3. The standard InChI is InChI=1S/C27H32N2O3/c1-18(2)16-27(21-11-7-8-19(3)14-21)23-17-29(13-12-22(23)26(31)32-27)25(30)24(28)15-20-9-5-4-6-10-20/h4-11,14,18,24H,12-13,15-17,28H2,1-3H3/t24-,27?/m0/s1. The Morgan fingerprint density at radius 1 is 1.16 bits per heavy atom. The largest absolute Gasteiger partial charge is 0.446 e. The molecule has 0 aliphatic carbocycles. The Balaban J connectivity index is 1.63. The molecule has 2 aliphatic heterocycles. The Hall–Kier alpha value is -2.92. The summed E-state index contributed by atoms with van der Waals surface area (Å²) in [6.45, 7) is 7.17. The van der Waals surface area contributed by atoms with Crippen LogP contribution in [0.4, 0.5) is 0 Å². The predicted octanol–water partition coefficient (Wildman–Crippen LogP) is 3.89. The lowest BCUT2D eigenvalue weighted by Crippen LogP contribution is -2.49. The number of esters is 1. The summed E-state index contributed by atoms with van der Waals surface area (Å²) in [7, 11) is 0. The van der Waals surface area contributed by atoms with Crippen molar-refractivity contribution in [2.75, 3.05) is 13.1 Å². The van der Waals surface area contributed by atoms with Gasteiger partial charge in [-0.15, -0.1) is 0 Å². The van der Waals surface area contributed by atoms with Gasteiger partial charge in [0.15, 0.2) is 5.60 Å². The number of carbonyl (C=O) groups excluding carboxylic acids is 2. The first-order chi connectivity index (χ1) is 15.3. The van der Waals surface area contributed by atoms with E-state index in [2.05, 4.69) is 19.9 Å². The third-order valence-electron chi connectivity index (χ3n) is 6.45. The monoisotopic (exact) mass is 432 g/mol. The van der Waals surface area contributed by atoms with Crippen LogP contribution in [0.25, 0.3) is 0 Å². The molecule has 2 aliphatic rings. The fourth-order valence-electron chi connectivity index (χ4n) is 5.01. The summed E-state index contributed by atoms with van der Waals surface area (Å²) in [6, 6.07) is 17.4. The summed E-state index contributed by atoms with van der Waals surface area (Å²) in [4.78, 5) is 28.0. The van der Waals surface area contributed by atoms with Crippen molar-refractivity contribution in [2.45, 2.75) is 51.7 Å². The molecular formula is C27H32N2O3. The maximum atomic E-state index is 13.2. The molecule has 0 spiro atoms. The highest BCUT2D eigenvalue weighted by Crippen LogP contribution is 2.48. The molecule has 0 fully saturated rings. The van der Waals surface area contributed by atoms with Gasteiger partial charge in [0, 0.05) is 29.8 Å². The average Bonchev–Trinajstić information content (AvgIpc) is 3.05. The molecule has 5 heteroatoms. The van der Waals surface area contributed by atoms with E-state index in [0.29, 0.717) is 38.3 Å². The fraction of sp³-hybridized carbons (Fsp3) is 0.407. The van der Waals surface area contributed by atoms with Crippen LogP contribution in [0.3, 0.4) is 0 Å². The van der Waals surface area contributed by atoms with Crippen LogP contribution in [-0.4, -0.2) is 35.9 Å². The van der Waals surface area contributed by atoms with Crippen molar-refractivity contribution >= 4 is 11.9 Å². The number of aryl methyl sites for hydroxylation is 1. The summed E-state index contributed by atoms with van der Waals surface area (Å²) >= 11 is 0. The molecule has 1 unspecified atom stereocenters. The predicted molar refractivity (Wildman–Crippen MR) is 125 cm³/mol. The van der Waals surface area contributed by atoms with E-state index in [1.807, 2.05) is 55.5 Å². The van der Waals surface area contributed by atoms with Crippen LogP contribution in [0.1, 0.15) is 43.4 Å². The van der Waals surface area contributed by atoms with Crippen molar-refractivity contribution in [1.29, 1.82) is 0 Å². The van der Waals surface area contributed by atoms with Gasteiger partial charge in [-0.25, -0.2) is 4.79 Å². The lowest BCUT2D eigenvalue weighted by atomic mass is 9.77. The van der Waals surface area contributed by atoms with Gasteiger partial charge in [-0.05, 0) is 37.7 Å². The second kappa shape index (κ2) is 8.91. The van der Waals surface area contributed by atoms with Crippen LogP contribution in [0, 0.1) is 12.8 Å². The van der Waals surface area contributed by atoms with Gasteiger partial charge >= 0.3 is 5.97 Å². The zero-order valence-corrected chi connectivity index (χ0v) is 19.1. The average molecular weight is 433 g/mol. The first kappa shape index (κ1) is 22.3. The van der Waals surface area contributed by atoms with Gasteiger partial charge in [0.05, 0.1) is 6.04 Å². The van der Waals surface area contributed by atoms with Gasteiger partial charge in [-0.1, -0.05) is 74.0 Å². The molecule has 32 heavy (non-hydrogen) atoms. The van der Waals surface area contributed by atoms with Crippen molar-refractivity contribution < 1.29 is 14.3 Å². The second-order valence-corrected chi connectivity index (χ2v) is 9.45. The van der Waals surface area contributed by atoms with Crippen LogP contribution in [0.15, 0.2) is 65.7 Å². The smallest absolute Gasteiger partial charge is 0.335 e. The van der Waals surface area contributed by atoms with Crippen LogP contribution in [-0.2, 0) is 26.3 Å². The SMILES string of the molecule is Cc1cccc(C2(CC(C)C)OC(=O)C3=C2CN(C(=O)[C@@H](N)Cc2ccccc2)CC3)c1. The van der Waals surface area contributed by atoms with Gasteiger partial charge < -0.3 is 15.4 Å². The number of carbonyl (C=O) groups is 2. The van der Waals surface area contributed by atoms with E-state index in [1.54, 1.807) is 4.90 Å². The molecule has 0 aromatic heterocycles. The van der Waals surface area contributed by atoms with Gasteiger partial charge in [0.2, 0.25) is 5.91 Å². The highest BCUT2D eigenvalue weighted by Gasteiger charge is 2.51. The van der Waals surface area contributed by atoms with Crippen LogP contribution in [0.5, 0.6) is 0 Å². The maximum absolute atomic E-state index is 13.2. The molecular weight excluding hydrogens is 400 g/mol. The maximum Gasteiger partial charge on any atom is 0.335 e. The molecule has 2 aromatic carbocycles. The van der Waals surface area contributed by atoms with Gasteiger partial charge in [0.1, 0.15) is 0 Å². The van der Waals surface area contributed by atoms with E-state index < -0.39 is 11.6 Å². The first-order valence-corrected chi connectivity index (χ1v) is 11.4. The Morgan fingerprint density at radius 3 is 2.59 bits per heavy atom. The molecule has 2 atom stereocenters. The van der Waals surface area contributed by atoms with E-state index in [9.17, 15) is 9.59 Å². The topological polar surface area (TPSA) is 72.6 Å². The van der Waals surface area contributed by atoms with Crippen LogP contribution < -0.4 is 5.73 Å². The normalized spacial score (nSPS) is 21.5.